The lowest BCUT2D eigenvalue weighted by Gasteiger charge is -2.24. The quantitative estimate of drug-likeness (QED) is 0.861. The van der Waals surface area contributed by atoms with E-state index in [2.05, 4.69) is 0 Å². The molecule has 0 saturated carbocycles. The molecule has 1 atom stereocenters. The molecule has 0 aliphatic carbocycles. The normalized spacial score (nSPS) is 18.2. The maximum atomic E-state index is 13.7. The monoisotopic (exact) mass is 284 g/mol. The Morgan fingerprint density at radius 1 is 1.45 bits per heavy atom. The van der Waals surface area contributed by atoms with E-state index in [1.807, 2.05) is 6.92 Å². The zero-order chi connectivity index (χ0) is 14.7. The van der Waals surface area contributed by atoms with Crippen molar-refractivity contribution in [3.05, 3.63) is 29.3 Å². The summed E-state index contributed by atoms with van der Waals surface area (Å²) in [5.74, 6) is -1.95. The molecule has 1 aromatic rings. The second-order valence-electron chi connectivity index (χ2n) is 4.93. The number of carbonyl (C=O) groups is 1. The summed E-state index contributed by atoms with van der Waals surface area (Å²) in [6.45, 7) is 4.07. The van der Waals surface area contributed by atoms with Crippen molar-refractivity contribution in [2.24, 2.45) is 5.92 Å². The molecular weight excluding hydrogens is 266 g/mol. The van der Waals surface area contributed by atoms with Gasteiger partial charge >= 0.3 is 0 Å². The summed E-state index contributed by atoms with van der Waals surface area (Å²) in [4.78, 5) is 13.9. The Labute approximate surface area is 116 Å². The number of benzene rings is 1. The van der Waals surface area contributed by atoms with Crippen LogP contribution in [0.25, 0.3) is 0 Å². The van der Waals surface area contributed by atoms with Gasteiger partial charge in [0.25, 0.3) is 5.91 Å². The highest BCUT2D eigenvalue weighted by atomic mass is 19.1. The van der Waals surface area contributed by atoms with Gasteiger partial charge in [0.2, 0.25) is 0 Å². The number of halogens is 2. The van der Waals surface area contributed by atoms with Gasteiger partial charge in [-0.3, -0.25) is 4.79 Å². The summed E-state index contributed by atoms with van der Waals surface area (Å²) in [5, 5.41) is 0. The SMILES string of the molecule is CCN(CC1CCOC1)C(=O)c1cc(N)c(F)cc1F. The minimum absolute atomic E-state index is 0.190. The molecule has 1 aromatic carbocycles. The number of nitrogen functional groups attached to an aromatic ring is 1. The van der Waals surface area contributed by atoms with Gasteiger partial charge in [-0.15, -0.1) is 0 Å². The van der Waals surface area contributed by atoms with Crippen LogP contribution in [0.1, 0.15) is 23.7 Å². The van der Waals surface area contributed by atoms with E-state index >= 15 is 0 Å². The van der Waals surface area contributed by atoms with Crippen LogP contribution in [0.15, 0.2) is 12.1 Å². The lowest BCUT2D eigenvalue weighted by Crippen LogP contribution is -2.36. The van der Waals surface area contributed by atoms with Crippen LogP contribution in [0, 0.1) is 17.6 Å². The Hall–Kier alpha value is -1.69. The smallest absolute Gasteiger partial charge is 0.256 e. The van der Waals surface area contributed by atoms with E-state index < -0.39 is 17.5 Å². The Morgan fingerprint density at radius 2 is 2.20 bits per heavy atom. The molecule has 1 saturated heterocycles. The molecule has 0 radical (unpaired) electrons. The van der Waals surface area contributed by atoms with E-state index in [4.69, 9.17) is 10.5 Å². The van der Waals surface area contributed by atoms with E-state index in [0.29, 0.717) is 32.4 Å². The Balaban J connectivity index is 2.17. The number of ether oxygens (including phenoxy) is 1. The number of hydrogen-bond acceptors (Lipinski definition) is 3. The van der Waals surface area contributed by atoms with Gasteiger partial charge in [0, 0.05) is 31.7 Å². The fraction of sp³-hybridized carbons (Fsp3) is 0.500. The maximum absolute atomic E-state index is 13.7. The zero-order valence-corrected chi connectivity index (χ0v) is 11.4. The first-order valence-electron chi connectivity index (χ1n) is 6.64. The van der Waals surface area contributed by atoms with Crippen LogP contribution in [-0.4, -0.2) is 37.1 Å². The topological polar surface area (TPSA) is 55.6 Å². The molecule has 1 aliphatic rings. The third-order valence-corrected chi connectivity index (χ3v) is 3.49. The van der Waals surface area contributed by atoms with Gasteiger partial charge in [0.05, 0.1) is 17.9 Å². The van der Waals surface area contributed by atoms with Crippen molar-refractivity contribution in [1.82, 2.24) is 4.90 Å². The van der Waals surface area contributed by atoms with Crippen molar-refractivity contribution >= 4 is 11.6 Å². The van der Waals surface area contributed by atoms with Crippen LogP contribution in [0.5, 0.6) is 0 Å². The molecule has 20 heavy (non-hydrogen) atoms. The second kappa shape index (κ2) is 6.17. The average molecular weight is 284 g/mol. The summed E-state index contributed by atoms with van der Waals surface area (Å²) >= 11 is 0. The van der Waals surface area contributed by atoms with Crippen LogP contribution >= 0.6 is 0 Å². The molecule has 2 N–H and O–H groups in total. The van der Waals surface area contributed by atoms with E-state index in [0.717, 1.165) is 12.5 Å². The van der Waals surface area contributed by atoms with Crippen LogP contribution < -0.4 is 5.73 Å². The number of nitrogens with zero attached hydrogens (tertiary/aromatic N) is 1. The van der Waals surface area contributed by atoms with E-state index in [-0.39, 0.29) is 17.2 Å². The van der Waals surface area contributed by atoms with E-state index in [1.54, 1.807) is 0 Å². The molecule has 0 aromatic heterocycles. The zero-order valence-electron chi connectivity index (χ0n) is 11.4. The van der Waals surface area contributed by atoms with Crippen molar-refractivity contribution < 1.29 is 18.3 Å². The molecule has 110 valence electrons. The Bertz CT molecular complexity index is 502. The molecule has 6 heteroatoms. The van der Waals surface area contributed by atoms with Gasteiger partial charge in [-0.05, 0) is 19.4 Å². The second-order valence-corrected chi connectivity index (χ2v) is 4.93. The summed E-state index contributed by atoms with van der Waals surface area (Å²) in [6.07, 6.45) is 0.887. The fourth-order valence-electron chi connectivity index (χ4n) is 2.29. The lowest BCUT2D eigenvalue weighted by molar-refractivity contribution is 0.0726. The standard InChI is InChI=1S/C14H18F2N2O2/c1-2-18(7-9-3-4-20-8-9)14(19)10-5-13(17)12(16)6-11(10)15/h5-6,9H,2-4,7-8,17H2,1H3. The molecule has 1 heterocycles. The number of carbonyl (C=O) groups excluding carboxylic acids is 1. The molecule has 0 spiro atoms. The first-order valence-corrected chi connectivity index (χ1v) is 6.64. The van der Waals surface area contributed by atoms with E-state index in [1.165, 1.54) is 4.90 Å². The van der Waals surface area contributed by atoms with Crippen molar-refractivity contribution in [2.45, 2.75) is 13.3 Å². The average Bonchev–Trinajstić information content (AvgIpc) is 2.92. The largest absolute Gasteiger partial charge is 0.396 e. The maximum Gasteiger partial charge on any atom is 0.256 e. The minimum atomic E-state index is -0.886. The van der Waals surface area contributed by atoms with Crippen molar-refractivity contribution in [2.75, 3.05) is 32.0 Å². The van der Waals surface area contributed by atoms with Crippen molar-refractivity contribution in [3.63, 3.8) is 0 Å². The first kappa shape index (κ1) is 14.7. The molecule has 1 unspecified atom stereocenters. The molecule has 1 amide bonds. The summed E-state index contributed by atoms with van der Waals surface area (Å²) in [5.41, 5.74) is 4.98. The van der Waals surface area contributed by atoms with Crippen LogP contribution in [0.3, 0.4) is 0 Å². The van der Waals surface area contributed by atoms with Crippen LogP contribution in [0.2, 0.25) is 0 Å². The highest BCUT2D eigenvalue weighted by Gasteiger charge is 2.24. The molecule has 4 nitrogen and oxygen atoms in total. The predicted molar refractivity (Wildman–Crippen MR) is 71.3 cm³/mol. The molecule has 2 rings (SSSR count). The van der Waals surface area contributed by atoms with Gasteiger partial charge in [0.1, 0.15) is 11.6 Å². The highest BCUT2D eigenvalue weighted by molar-refractivity contribution is 5.95. The number of anilines is 1. The van der Waals surface area contributed by atoms with Gasteiger partial charge < -0.3 is 15.4 Å². The van der Waals surface area contributed by atoms with Crippen molar-refractivity contribution in [1.29, 1.82) is 0 Å². The molecule has 0 bridgehead atoms. The number of hydrogen-bond donors (Lipinski definition) is 1. The Morgan fingerprint density at radius 3 is 2.80 bits per heavy atom. The molecular formula is C14H18F2N2O2. The van der Waals surface area contributed by atoms with Gasteiger partial charge in [-0.2, -0.15) is 0 Å². The number of nitrogens with two attached hydrogens (primary N) is 1. The molecule has 1 fully saturated rings. The highest BCUT2D eigenvalue weighted by Crippen LogP contribution is 2.20. The van der Waals surface area contributed by atoms with Crippen LogP contribution in [-0.2, 0) is 4.74 Å². The fourth-order valence-corrected chi connectivity index (χ4v) is 2.29. The predicted octanol–water partition coefficient (Wildman–Crippen LogP) is 2.05. The van der Waals surface area contributed by atoms with Crippen molar-refractivity contribution in [3.8, 4) is 0 Å². The first-order chi connectivity index (χ1) is 9.52. The third-order valence-electron chi connectivity index (χ3n) is 3.49. The molecule has 1 aliphatic heterocycles. The summed E-state index contributed by atoms with van der Waals surface area (Å²) in [7, 11) is 0. The van der Waals surface area contributed by atoms with E-state index in [9.17, 15) is 13.6 Å². The lowest BCUT2D eigenvalue weighted by atomic mass is 10.1. The van der Waals surface area contributed by atoms with Gasteiger partial charge in [0.15, 0.2) is 0 Å². The minimum Gasteiger partial charge on any atom is -0.396 e. The number of amides is 1. The third kappa shape index (κ3) is 3.07. The van der Waals surface area contributed by atoms with Gasteiger partial charge in [-0.25, -0.2) is 8.78 Å². The van der Waals surface area contributed by atoms with Gasteiger partial charge in [-0.1, -0.05) is 0 Å². The Kier molecular flexibility index (Phi) is 4.54. The number of rotatable bonds is 4. The summed E-state index contributed by atoms with van der Waals surface area (Å²) < 4.78 is 32.1. The van der Waals surface area contributed by atoms with Crippen LogP contribution in [0.4, 0.5) is 14.5 Å². The summed E-state index contributed by atoms with van der Waals surface area (Å²) in [6, 6.07) is 1.70.